The number of carbonyl (C=O) groups excluding carboxylic acids is 1. The van der Waals surface area contributed by atoms with E-state index in [1.807, 2.05) is 45.9 Å². The summed E-state index contributed by atoms with van der Waals surface area (Å²) in [5.74, 6) is -0.767. The van der Waals surface area contributed by atoms with Crippen LogP contribution >= 0.6 is 15.9 Å². The van der Waals surface area contributed by atoms with E-state index in [1.54, 1.807) is 4.90 Å². The summed E-state index contributed by atoms with van der Waals surface area (Å²) in [6.07, 6.45) is 1.90. The number of ether oxygens (including phenoxy) is 1. The number of carboxylic acid groups (broad SMARTS) is 1. The van der Waals surface area contributed by atoms with Gasteiger partial charge in [-0.05, 0) is 77.1 Å². The number of aryl methyl sites for hydroxylation is 1. The van der Waals surface area contributed by atoms with Crippen LogP contribution in [-0.4, -0.2) is 47.3 Å². The molecule has 2 N–H and O–H groups in total. The van der Waals surface area contributed by atoms with Gasteiger partial charge in [-0.2, -0.15) is 0 Å². The van der Waals surface area contributed by atoms with Crippen molar-refractivity contribution in [3.8, 4) is 0 Å². The number of nitrogens with zero attached hydrogens (tertiary/aromatic N) is 1. The third-order valence-corrected chi connectivity index (χ3v) is 5.66. The average molecular weight is 455 g/mol. The molecule has 0 unspecified atom stereocenters. The van der Waals surface area contributed by atoms with E-state index in [4.69, 9.17) is 4.74 Å². The largest absolute Gasteiger partial charge is 0.481 e. The first-order chi connectivity index (χ1) is 13.0. The predicted molar refractivity (Wildman–Crippen MR) is 114 cm³/mol. The third-order valence-electron chi connectivity index (χ3n) is 5.16. The fourth-order valence-electron chi connectivity index (χ4n) is 3.49. The number of carboxylic acids is 1. The number of halogens is 1. The van der Waals surface area contributed by atoms with Crippen molar-refractivity contribution in [2.24, 2.45) is 5.41 Å². The number of carbonyl (C=O) groups is 2. The summed E-state index contributed by atoms with van der Waals surface area (Å²) in [4.78, 5) is 25.8. The number of benzene rings is 1. The first-order valence-electron chi connectivity index (χ1n) is 9.74. The summed E-state index contributed by atoms with van der Waals surface area (Å²) in [5.41, 5.74) is 0.893. The molecule has 1 aliphatic heterocycles. The number of nitrogens with one attached hydrogen (secondary N) is 1. The van der Waals surface area contributed by atoms with Crippen LogP contribution in [0, 0.1) is 12.3 Å². The lowest BCUT2D eigenvalue weighted by Gasteiger charge is -2.39. The van der Waals surface area contributed by atoms with Gasteiger partial charge < -0.3 is 20.1 Å². The highest BCUT2D eigenvalue weighted by Gasteiger charge is 2.42. The van der Waals surface area contributed by atoms with E-state index >= 15 is 0 Å². The topological polar surface area (TPSA) is 78.9 Å². The highest BCUT2D eigenvalue weighted by molar-refractivity contribution is 9.10. The molecule has 1 aromatic rings. The zero-order chi connectivity index (χ0) is 20.9. The molecule has 1 amide bonds. The molecule has 0 spiro atoms. The lowest BCUT2D eigenvalue weighted by Crippen LogP contribution is -2.48. The molecule has 0 atom stereocenters. The minimum atomic E-state index is -0.769. The second-order valence-electron chi connectivity index (χ2n) is 8.54. The summed E-state index contributed by atoms with van der Waals surface area (Å²) in [7, 11) is 0. The van der Waals surface area contributed by atoms with Gasteiger partial charge in [-0.15, -0.1) is 0 Å². The lowest BCUT2D eigenvalue weighted by atomic mass is 9.75. The molecule has 0 aromatic heterocycles. The molecular formula is C21H31BrN2O4. The Morgan fingerprint density at radius 2 is 1.93 bits per heavy atom. The number of likely N-dealkylation sites (tertiary alicyclic amines) is 1. The van der Waals surface area contributed by atoms with Crippen LogP contribution in [0.2, 0.25) is 0 Å². The number of anilines is 1. The third kappa shape index (κ3) is 6.12. The molecule has 1 fully saturated rings. The predicted octanol–water partition coefficient (Wildman–Crippen LogP) is 5.05. The number of hydrogen-bond donors (Lipinski definition) is 2. The molecule has 6 nitrogen and oxygen atoms in total. The molecule has 0 aliphatic carbocycles. The monoisotopic (exact) mass is 454 g/mol. The Morgan fingerprint density at radius 1 is 1.29 bits per heavy atom. The molecule has 2 rings (SSSR count). The number of piperidine rings is 1. The van der Waals surface area contributed by atoms with E-state index in [2.05, 4.69) is 21.2 Å². The van der Waals surface area contributed by atoms with E-state index in [0.717, 1.165) is 22.1 Å². The van der Waals surface area contributed by atoms with Gasteiger partial charge in [0.2, 0.25) is 0 Å². The Morgan fingerprint density at radius 3 is 2.46 bits per heavy atom. The van der Waals surface area contributed by atoms with Crippen LogP contribution in [0.4, 0.5) is 10.5 Å². The first-order valence-corrected chi connectivity index (χ1v) is 10.5. The Kier molecular flexibility index (Phi) is 7.37. The minimum Gasteiger partial charge on any atom is -0.481 e. The second kappa shape index (κ2) is 9.16. The smallest absolute Gasteiger partial charge is 0.410 e. The summed E-state index contributed by atoms with van der Waals surface area (Å²) in [6.45, 7) is 9.08. The van der Waals surface area contributed by atoms with Gasteiger partial charge >= 0.3 is 12.1 Å². The van der Waals surface area contributed by atoms with Crippen molar-refractivity contribution < 1.29 is 19.4 Å². The average Bonchev–Trinajstić information content (AvgIpc) is 2.59. The summed E-state index contributed by atoms with van der Waals surface area (Å²) >= 11 is 3.45. The lowest BCUT2D eigenvalue weighted by molar-refractivity contribution is -0.152. The number of rotatable bonds is 6. The van der Waals surface area contributed by atoms with Crippen LogP contribution in [0.1, 0.15) is 52.0 Å². The van der Waals surface area contributed by atoms with Crippen LogP contribution in [-0.2, 0) is 9.53 Å². The fourth-order valence-corrected chi connectivity index (χ4v) is 3.97. The Hall–Kier alpha value is -1.76. The number of hydrogen-bond acceptors (Lipinski definition) is 4. The van der Waals surface area contributed by atoms with Gasteiger partial charge in [0.15, 0.2) is 0 Å². The zero-order valence-electron chi connectivity index (χ0n) is 17.2. The second-order valence-corrected chi connectivity index (χ2v) is 9.46. The van der Waals surface area contributed by atoms with Crippen molar-refractivity contribution in [1.82, 2.24) is 4.90 Å². The summed E-state index contributed by atoms with van der Waals surface area (Å²) < 4.78 is 6.44. The van der Waals surface area contributed by atoms with Crippen LogP contribution in [0.15, 0.2) is 22.7 Å². The molecule has 0 radical (unpaired) electrons. The molecule has 0 bridgehead atoms. The van der Waals surface area contributed by atoms with E-state index in [9.17, 15) is 14.7 Å². The standard InChI is InChI=1S/C21H31BrN2O4/c1-15-14-16(22)6-7-17(15)23-11-5-8-21(18(25)26)9-12-24(13-10-21)19(27)28-20(2,3)4/h6-7,14,23H,5,8-13H2,1-4H3,(H,25,26). The first kappa shape index (κ1) is 22.5. The van der Waals surface area contributed by atoms with Gasteiger partial charge in [-0.1, -0.05) is 15.9 Å². The molecule has 28 heavy (non-hydrogen) atoms. The highest BCUT2D eigenvalue weighted by atomic mass is 79.9. The van der Waals surface area contributed by atoms with Crippen LogP contribution < -0.4 is 5.32 Å². The van der Waals surface area contributed by atoms with Crippen molar-refractivity contribution in [2.45, 2.75) is 59.0 Å². The zero-order valence-corrected chi connectivity index (χ0v) is 18.8. The molecule has 1 saturated heterocycles. The molecule has 7 heteroatoms. The summed E-state index contributed by atoms with van der Waals surface area (Å²) in [5, 5.41) is 13.2. The van der Waals surface area contributed by atoms with Crippen molar-refractivity contribution in [3.05, 3.63) is 28.2 Å². The van der Waals surface area contributed by atoms with Gasteiger partial charge in [0.05, 0.1) is 5.41 Å². The quantitative estimate of drug-likeness (QED) is 0.587. The summed E-state index contributed by atoms with van der Waals surface area (Å²) in [6, 6.07) is 6.06. The van der Waals surface area contributed by atoms with Crippen molar-refractivity contribution in [2.75, 3.05) is 25.0 Å². The van der Waals surface area contributed by atoms with Crippen molar-refractivity contribution >= 4 is 33.7 Å². The van der Waals surface area contributed by atoms with Gasteiger partial charge in [-0.25, -0.2) is 4.79 Å². The maximum atomic E-state index is 12.2. The Bertz CT molecular complexity index is 707. The van der Waals surface area contributed by atoms with E-state index < -0.39 is 17.0 Å². The van der Waals surface area contributed by atoms with Crippen LogP contribution in [0.25, 0.3) is 0 Å². The highest BCUT2D eigenvalue weighted by Crippen LogP contribution is 2.37. The fraction of sp³-hybridized carbons (Fsp3) is 0.619. The van der Waals surface area contributed by atoms with Crippen molar-refractivity contribution in [1.29, 1.82) is 0 Å². The number of aliphatic carboxylic acids is 1. The minimum absolute atomic E-state index is 0.362. The molecule has 1 aliphatic rings. The van der Waals surface area contributed by atoms with Crippen molar-refractivity contribution in [3.63, 3.8) is 0 Å². The SMILES string of the molecule is Cc1cc(Br)ccc1NCCCC1(C(=O)O)CCN(C(=O)OC(C)(C)C)CC1. The van der Waals surface area contributed by atoms with E-state index in [0.29, 0.717) is 38.9 Å². The van der Waals surface area contributed by atoms with Gasteiger partial charge in [0.1, 0.15) is 5.60 Å². The van der Waals surface area contributed by atoms with Gasteiger partial charge in [-0.3, -0.25) is 4.79 Å². The molecule has 1 heterocycles. The Labute approximate surface area is 175 Å². The van der Waals surface area contributed by atoms with Crippen LogP contribution in [0.5, 0.6) is 0 Å². The molecular weight excluding hydrogens is 424 g/mol. The van der Waals surface area contributed by atoms with Gasteiger partial charge in [0, 0.05) is 29.8 Å². The van der Waals surface area contributed by atoms with Crippen LogP contribution in [0.3, 0.4) is 0 Å². The maximum absolute atomic E-state index is 12.2. The maximum Gasteiger partial charge on any atom is 0.410 e. The van der Waals surface area contributed by atoms with E-state index in [1.165, 1.54) is 0 Å². The molecule has 1 aromatic carbocycles. The molecule has 0 saturated carbocycles. The number of amides is 1. The van der Waals surface area contributed by atoms with Gasteiger partial charge in [0.25, 0.3) is 0 Å². The Balaban J connectivity index is 1.86. The van der Waals surface area contributed by atoms with E-state index in [-0.39, 0.29) is 6.09 Å². The molecule has 156 valence electrons. The normalized spacial score (nSPS) is 16.5.